The maximum atomic E-state index is 6.09. The summed E-state index contributed by atoms with van der Waals surface area (Å²) in [5, 5.41) is 7.59. The number of benzene rings is 8. The first-order valence-corrected chi connectivity index (χ1v) is 17.0. The Kier molecular flexibility index (Phi) is 6.08. The van der Waals surface area contributed by atoms with Crippen LogP contribution in [0.15, 0.2) is 168 Å². The smallest absolute Gasteiger partial charge is 0.227 e. The third-order valence-corrected chi connectivity index (χ3v) is 10.7. The van der Waals surface area contributed by atoms with Gasteiger partial charge in [0, 0.05) is 31.3 Å². The van der Waals surface area contributed by atoms with Crippen LogP contribution in [0.4, 0.5) is 0 Å². The van der Waals surface area contributed by atoms with Crippen LogP contribution in [0, 0.1) is 0 Å². The van der Waals surface area contributed by atoms with E-state index in [1.54, 1.807) is 0 Å². The van der Waals surface area contributed by atoms with Gasteiger partial charge in [-0.1, -0.05) is 115 Å². The molecule has 0 saturated carbocycles. The van der Waals surface area contributed by atoms with E-state index in [0.29, 0.717) is 5.89 Å². The maximum absolute atomic E-state index is 6.09. The summed E-state index contributed by atoms with van der Waals surface area (Å²) in [6.07, 6.45) is 0. The zero-order valence-corrected chi connectivity index (χ0v) is 26.7. The molecular weight excluding hydrogens is 603 g/mol. The van der Waals surface area contributed by atoms with E-state index < -0.39 is 0 Å². The minimum absolute atomic E-state index is 0.639. The van der Waals surface area contributed by atoms with Crippen molar-refractivity contribution >= 4 is 64.2 Å². The molecule has 2 nitrogen and oxygen atoms in total. The van der Waals surface area contributed by atoms with Gasteiger partial charge in [0.25, 0.3) is 0 Å². The summed E-state index contributed by atoms with van der Waals surface area (Å²) in [7, 11) is 0. The number of oxazole rings is 1. The van der Waals surface area contributed by atoms with Gasteiger partial charge in [-0.15, -0.1) is 11.3 Å². The molecule has 3 heteroatoms. The van der Waals surface area contributed by atoms with Crippen LogP contribution < -0.4 is 0 Å². The van der Waals surface area contributed by atoms with E-state index in [2.05, 4.69) is 140 Å². The van der Waals surface area contributed by atoms with Crippen LogP contribution in [-0.4, -0.2) is 4.98 Å². The zero-order valence-electron chi connectivity index (χ0n) is 25.9. The second-order valence-corrected chi connectivity index (χ2v) is 13.4. The summed E-state index contributed by atoms with van der Waals surface area (Å²) >= 11 is 1.87. The van der Waals surface area contributed by atoms with E-state index in [9.17, 15) is 0 Å². The monoisotopic (exact) mass is 629 g/mol. The molecule has 8 aromatic carbocycles. The van der Waals surface area contributed by atoms with Crippen molar-refractivity contribution in [1.82, 2.24) is 4.98 Å². The second kappa shape index (κ2) is 10.8. The summed E-state index contributed by atoms with van der Waals surface area (Å²) in [4.78, 5) is 4.73. The van der Waals surface area contributed by atoms with E-state index in [1.165, 1.54) is 75.1 Å². The fraction of sp³-hybridized carbons (Fsp3) is 0. The summed E-state index contributed by atoms with van der Waals surface area (Å²) in [6.45, 7) is 0. The molecule has 0 bridgehead atoms. The molecule has 0 spiro atoms. The van der Waals surface area contributed by atoms with Crippen molar-refractivity contribution in [3.8, 4) is 44.8 Å². The summed E-state index contributed by atoms with van der Waals surface area (Å²) in [5.41, 5.74) is 9.98. The van der Waals surface area contributed by atoms with Crippen LogP contribution in [0.25, 0.3) is 97.7 Å². The summed E-state index contributed by atoms with van der Waals surface area (Å²) < 4.78 is 8.67. The number of hydrogen-bond acceptors (Lipinski definition) is 3. The molecule has 10 aromatic rings. The number of fused-ring (bicyclic) bond motifs is 6. The topological polar surface area (TPSA) is 26.0 Å². The second-order valence-electron chi connectivity index (χ2n) is 12.3. The predicted octanol–water partition coefficient (Wildman–Crippen LogP) is 13.2. The molecule has 0 aliphatic rings. The van der Waals surface area contributed by atoms with Crippen molar-refractivity contribution in [2.75, 3.05) is 0 Å². The van der Waals surface area contributed by atoms with E-state index in [-0.39, 0.29) is 0 Å². The van der Waals surface area contributed by atoms with Crippen LogP contribution >= 0.6 is 11.3 Å². The first-order chi connectivity index (χ1) is 23.8. The van der Waals surface area contributed by atoms with Gasteiger partial charge in [-0.05, 0) is 97.9 Å². The lowest BCUT2D eigenvalue weighted by Gasteiger charge is -2.12. The van der Waals surface area contributed by atoms with Crippen molar-refractivity contribution in [2.24, 2.45) is 0 Å². The zero-order chi connectivity index (χ0) is 31.6. The molecule has 0 fully saturated rings. The van der Waals surface area contributed by atoms with Gasteiger partial charge >= 0.3 is 0 Å². The minimum Gasteiger partial charge on any atom is -0.436 e. The molecule has 0 aliphatic heterocycles. The quantitative estimate of drug-likeness (QED) is 0.194. The Bertz CT molecular complexity index is 2800. The third-order valence-electron chi connectivity index (χ3n) is 9.51. The highest BCUT2D eigenvalue weighted by Crippen LogP contribution is 2.45. The van der Waals surface area contributed by atoms with Gasteiger partial charge in [-0.2, -0.15) is 0 Å². The molecular formula is C45H27NOS. The normalized spacial score (nSPS) is 11.8. The molecule has 0 radical (unpaired) electrons. The fourth-order valence-electron chi connectivity index (χ4n) is 7.16. The van der Waals surface area contributed by atoms with Gasteiger partial charge < -0.3 is 4.42 Å². The predicted molar refractivity (Wildman–Crippen MR) is 204 cm³/mol. The summed E-state index contributed by atoms with van der Waals surface area (Å²) in [6, 6.07) is 58.8. The Labute approximate surface area is 281 Å². The first kappa shape index (κ1) is 27.1. The summed E-state index contributed by atoms with van der Waals surface area (Å²) in [5.74, 6) is 0.639. The minimum atomic E-state index is 0.639. The molecule has 10 rings (SSSR count). The largest absolute Gasteiger partial charge is 0.436 e. The molecule has 224 valence electrons. The highest BCUT2D eigenvalue weighted by Gasteiger charge is 2.17. The van der Waals surface area contributed by atoms with E-state index in [4.69, 9.17) is 9.40 Å². The maximum Gasteiger partial charge on any atom is 0.227 e. The lowest BCUT2D eigenvalue weighted by Crippen LogP contribution is -1.86. The van der Waals surface area contributed by atoms with Crippen LogP contribution in [0.1, 0.15) is 0 Å². The van der Waals surface area contributed by atoms with Crippen LogP contribution in [0.2, 0.25) is 0 Å². The number of para-hydroxylation sites is 2. The third kappa shape index (κ3) is 4.36. The van der Waals surface area contributed by atoms with Crippen LogP contribution in [0.3, 0.4) is 0 Å². The average molecular weight is 630 g/mol. The van der Waals surface area contributed by atoms with Crippen molar-refractivity contribution < 1.29 is 4.42 Å². The van der Waals surface area contributed by atoms with Crippen molar-refractivity contribution in [1.29, 1.82) is 0 Å². The fourth-order valence-corrected chi connectivity index (χ4v) is 8.36. The Morgan fingerprint density at radius 3 is 1.77 bits per heavy atom. The van der Waals surface area contributed by atoms with Gasteiger partial charge in [0.2, 0.25) is 5.89 Å². The number of nitrogens with zero attached hydrogens (tertiary/aromatic N) is 1. The van der Waals surface area contributed by atoms with Crippen molar-refractivity contribution in [2.45, 2.75) is 0 Å². The molecule has 48 heavy (non-hydrogen) atoms. The van der Waals surface area contributed by atoms with Gasteiger partial charge in [-0.25, -0.2) is 4.98 Å². The van der Waals surface area contributed by atoms with Crippen LogP contribution in [0.5, 0.6) is 0 Å². The number of hydrogen-bond donors (Lipinski definition) is 0. The first-order valence-electron chi connectivity index (χ1n) is 16.2. The highest BCUT2D eigenvalue weighted by molar-refractivity contribution is 7.26. The number of rotatable bonds is 4. The molecule has 2 heterocycles. The van der Waals surface area contributed by atoms with Gasteiger partial charge in [0.05, 0.1) is 0 Å². The van der Waals surface area contributed by atoms with E-state index >= 15 is 0 Å². The average Bonchev–Trinajstić information content (AvgIpc) is 3.76. The van der Waals surface area contributed by atoms with Crippen LogP contribution in [-0.2, 0) is 0 Å². The Morgan fingerprint density at radius 2 is 1.02 bits per heavy atom. The van der Waals surface area contributed by atoms with E-state index in [0.717, 1.165) is 16.7 Å². The Hall–Kier alpha value is -6.03. The van der Waals surface area contributed by atoms with Gasteiger partial charge in [0.1, 0.15) is 5.52 Å². The molecule has 0 aliphatic carbocycles. The van der Waals surface area contributed by atoms with E-state index in [1.807, 2.05) is 35.6 Å². The lowest BCUT2D eigenvalue weighted by molar-refractivity contribution is 0.620. The van der Waals surface area contributed by atoms with Crippen molar-refractivity contribution in [3.05, 3.63) is 164 Å². The molecule has 0 unspecified atom stereocenters. The molecule has 0 atom stereocenters. The Morgan fingerprint density at radius 1 is 0.417 bits per heavy atom. The highest BCUT2D eigenvalue weighted by atomic mass is 32.1. The van der Waals surface area contributed by atoms with Crippen molar-refractivity contribution in [3.63, 3.8) is 0 Å². The van der Waals surface area contributed by atoms with Gasteiger partial charge in [0.15, 0.2) is 5.58 Å². The number of aromatic nitrogens is 1. The standard InChI is InChI=1S/C45H27NOS/c1-3-13-34-28(9-1)11-7-15-36(34)32-23-24-43-39(25-32)40-27-33(37-16-8-12-29-10-2-4-14-35(29)37)26-38(44(40)48-43)30-19-21-31(22-20-30)45-46-41-17-5-6-18-42(41)47-45/h1-27H. The molecule has 0 saturated heterocycles. The lowest BCUT2D eigenvalue weighted by atomic mass is 9.92. The van der Waals surface area contributed by atoms with Gasteiger partial charge in [-0.3, -0.25) is 0 Å². The number of thiophene rings is 1. The molecule has 0 N–H and O–H groups in total. The Balaban J connectivity index is 1.19. The SMILES string of the molecule is c1ccc2c(-c3ccc4sc5c(-c6ccc(-c7nc8ccccc8o7)cc6)cc(-c6cccc7ccccc67)cc5c4c3)cccc2c1. The molecule has 2 aromatic heterocycles. The molecule has 0 amide bonds.